The lowest BCUT2D eigenvalue weighted by atomic mass is 9.78. The molecule has 0 bridgehead atoms. The Morgan fingerprint density at radius 1 is 0.793 bits per heavy atom. The molecule has 4 aromatic rings. The molecule has 0 aliphatic carbocycles. The topological polar surface area (TPSA) is 36.3 Å². The molecule has 146 valence electrons. The van der Waals surface area contributed by atoms with E-state index in [0.29, 0.717) is 0 Å². The Kier molecular flexibility index (Phi) is 3.93. The molecule has 0 N–H and O–H groups in total. The molecule has 0 atom stereocenters. The minimum atomic E-state index is -0.337. The summed E-state index contributed by atoms with van der Waals surface area (Å²) in [5.41, 5.74) is 4.94. The van der Waals surface area contributed by atoms with Gasteiger partial charge in [0.25, 0.3) is 0 Å². The van der Waals surface area contributed by atoms with Crippen LogP contribution in [0.5, 0.6) is 0 Å². The lowest BCUT2D eigenvalue weighted by Gasteiger charge is -2.32. The molecule has 0 spiro atoms. The van der Waals surface area contributed by atoms with Gasteiger partial charge < -0.3 is 13.9 Å². The highest BCUT2D eigenvalue weighted by Gasteiger charge is 2.51. The average Bonchev–Trinajstić information content (AvgIpc) is 3.16. The molecule has 1 aliphatic rings. The van der Waals surface area contributed by atoms with E-state index in [2.05, 4.69) is 91.8 Å². The van der Waals surface area contributed by atoms with E-state index in [1.807, 2.05) is 13.4 Å². The molecule has 0 unspecified atom stereocenters. The third-order valence-electron chi connectivity index (χ3n) is 6.45. The smallest absolute Gasteiger partial charge is 0.399 e. The standard InChI is InChI=1S/C24H25BN2O2/c1-23(2)24(3,4)29-25(28-23)20-10-8-17-12-16(6-7-18(17)13-20)19-9-11-21-22(14-19)27(5)15-26-21/h6-15H,1-5H3. The van der Waals surface area contributed by atoms with Crippen molar-refractivity contribution in [2.24, 2.45) is 7.05 Å². The van der Waals surface area contributed by atoms with Crippen LogP contribution in [0.1, 0.15) is 27.7 Å². The molecule has 5 rings (SSSR count). The molecular weight excluding hydrogens is 359 g/mol. The second kappa shape index (κ2) is 6.18. The fourth-order valence-corrected chi connectivity index (χ4v) is 3.88. The summed E-state index contributed by atoms with van der Waals surface area (Å²) >= 11 is 0. The van der Waals surface area contributed by atoms with E-state index in [1.54, 1.807) is 0 Å². The van der Waals surface area contributed by atoms with Crippen molar-refractivity contribution in [3.63, 3.8) is 0 Å². The number of rotatable bonds is 2. The first-order chi connectivity index (χ1) is 13.7. The van der Waals surface area contributed by atoms with Gasteiger partial charge in [-0.2, -0.15) is 0 Å². The lowest BCUT2D eigenvalue weighted by Crippen LogP contribution is -2.41. The predicted octanol–water partition coefficient (Wildman–Crippen LogP) is 4.69. The maximum atomic E-state index is 6.21. The molecule has 1 saturated heterocycles. The molecule has 0 saturated carbocycles. The molecule has 2 heterocycles. The van der Waals surface area contributed by atoms with Crippen molar-refractivity contribution in [3.8, 4) is 11.1 Å². The van der Waals surface area contributed by atoms with Crippen LogP contribution in [0, 0.1) is 0 Å². The molecular formula is C24H25BN2O2. The summed E-state index contributed by atoms with van der Waals surface area (Å²) in [6, 6.07) is 19.4. The Morgan fingerprint density at radius 2 is 1.41 bits per heavy atom. The van der Waals surface area contributed by atoms with Crippen molar-refractivity contribution < 1.29 is 9.31 Å². The van der Waals surface area contributed by atoms with E-state index in [9.17, 15) is 0 Å². The van der Waals surface area contributed by atoms with Crippen molar-refractivity contribution in [2.75, 3.05) is 0 Å². The summed E-state index contributed by atoms with van der Waals surface area (Å²) < 4.78 is 14.5. The number of nitrogens with zero attached hydrogens (tertiary/aromatic N) is 2. The Morgan fingerprint density at radius 3 is 2.17 bits per heavy atom. The van der Waals surface area contributed by atoms with Gasteiger partial charge in [0.05, 0.1) is 28.6 Å². The molecule has 0 amide bonds. The first kappa shape index (κ1) is 18.4. The van der Waals surface area contributed by atoms with Gasteiger partial charge in [-0.05, 0) is 73.3 Å². The van der Waals surface area contributed by atoms with Gasteiger partial charge in [0.15, 0.2) is 0 Å². The van der Waals surface area contributed by atoms with Gasteiger partial charge in [0.1, 0.15) is 0 Å². The highest BCUT2D eigenvalue weighted by Crippen LogP contribution is 2.36. The van der Waals surface area contributed by atoms with Crippen molar-refractivity contribution in [1.82, 2.24) is 9.55 Å². The van der Waals surface area contributed by atoms with E-state index < -0.39 is 0 Å². The zero-order valence-corrected chi connectivity index (χ0v) is 17.6. The lowest BCUT2D eigenvalue weighted by molar-refractivity contribution is 0.00578. The number of aryl methyl sites for hydroxylation is 1. The quantitative estimate of drug-likeness (QED) is 0.471. The molecule has 29 heavy (non-hydrogen) atoms. The van der Waals surface area contributed by atoms with Gasteiger partial charge in [-0.3, -0.25) is 0 Å². The third-order valence-corrected chi connectivity index (χ3v) is 6.45. The summed E-state index contributed by atoms with van der Waals surface area (Å²) in [4.78, 5) is 4.41. The van der Waals surface area contributed by atoms with Crippen molar-refractivity contribution in [3.05, 3.63) is 60.9 Å². The largest absolute Gasteiger partial charge is 0.494 e. The van der Waals surface area contributed by atoms with Crippen LogP contribution in [0.2, 0.25) is 0 Å². The first-order valence-corrected chi connectivity index (χ1v) is 10.0. The highest BCUT2D eigenvalue weighted by molar-refractivity contribution is 6.62. The number of aromatic nitrogens is 2. The summed E-state index contributed by atoms with van der Waals surface area (Å²) in [7, 11) is 1.69. The molecule has 3 aromatic carbocycles. The van der Waals surface area contributed by atoms with Crippen LogP contribution in [-0.2, 0) is 16.4 Å². The van der Waals surface area contributed by atoms with Crippen LogP contribution in [0.25, 0.3) is 32.9 Å². The monoisotopic (exact) mass is 384 g/mol. The average molecular weight is 384 g/mol. The molecule has 1 aliphatic heterocycles. The van der Waals surface area contributed by atoms with E-state index in [1.165, 1.54) is 21.9 Å². The first-order valence-electron chi connectivity index (χ1n) is 10.0. The highest BCUT2D eigenvalue weighted by atomic mass is 16.7. The van der Waals surface area contributed by atoms with Crippen LogP contribution in [0.3, 0.4) is 0 Å². The Balaban J connectivity index is 1.50. The van der Waals surface area contributed by atoms with Crippen LogP contribution < -0.4 is 5.46 Å². The van der Waals surface area contributed by atoms with Gasteiger partial charge in [-0.25, -0.2) is 4.98 Å². The fraction of sp³-hybridized carbons (Fsp3) is 0.292. The van der Waals surface area contributed by atoms with Crippen LogP contribution in [0.15, 0.2) is 60.9 Å². The summed E-state index contributed by atoms with van der Waals surface area (Å²) in [6.07, 6.45) is 1.85. The second-order valence-electron chi connectivity index (χ2n) is 8.97. The number of fused-ring (bicyclic) bond motifs is 2. The number of hydrogen-bond donors (Lipinski definition) is 0. The maximum absolute atomic E-state index is 6.21. The van der Waals surface area contributed by atoms with Gasteiger partial charge in [0.2, 0.25) is 0 Å². The molecule has 5 heteroatoms. The fourth-order valence-electron chi connectivity index (χ4n) is 3.88. The molecule has 1 aromatic heterocycles. The Labute approximate surface area is 171 Å². The second-order valence-corrected chi connectivity index (χ2v) is 8.97. The van der Waals surface area contributed by atoms with Gasteiger partial charge in [0, 0.05) is 7.05 Å². The molecule has 4 nitrogen and oxygen atoms in total. The number of hydrogen-bond acceptors (Lipinski definition) is 3. The minimum absolute atomic E-state index is 0.332. The van der Waals surface area contributed by atoms with Crippen molar-refractivity contribution in [1.29, 1.82) is 0 Å². The van der Waals surface area contributed by atoms with Gasteiger partial charge in [-0.15, -0.1) is 0 Å². The number of benzene rings is 3. The predicted molar refractivity (Wildman–Crippen MR) is 119 cm³/mol. The van der Waals surface area contributed by atoms with Crippen LogP contribution >= 0.6 is 0 Å². The van der Waals surface area contributed by atoms with Crippen LogP contribution in [-0.4, -0.2) is 27.9 Å². The van der Waals surface area contributed by atoms with E-state index in [0.717, 1.165) is 16.5 Å². The summed E-state index contributed by atoms with van der Waals surface area (Å²) in [5.74, 6) is 0. The third kappa shape index (κ3) is 2.97. The van der Waals surface area contributed by atoms with Crippen molar-refractivity contribution >= 4 is 34.4 Å². The molecule has 1 fully saturated rings. The Hall–Kier alpha value is -2.63. The van der Waals surface area contributed by atoms with Crippen molar-refractivity contribution in [2.45, 2.75) is 38.9 Å². The normalized spacial score (nSPS) is 18.0. The zero-order valence-electron chi connectivity index (χ0n) is 17.6. The van der Waals surface area contributed by atoms with Gasteiger partial charge >= 0.3 is 7.12 Å². The van der Waals surface area contributed by atoms with E-state index >= 15 is 0 Å². The zero-order chi connectivity index (χ0) is 20.4. The molecule has 0 radical (unpaired) electrons. The van der Waals surface area contributed by atoms with Crippen LogP contribution in [0.4, 0.5) is 0 Å². The summed E-state index contributed by atoms with van der Waals surface area (Å²) in [5, 5.41) is 2.38. The Bertz CT molecular complexity index is 1230. The van der Waals surface area contributed by atoms with Gasteiger partial charge in [-0.1, -0.05) is 36.4 Å². The number of imidazole rings is 1. The minimum Gasteiger partial charge on any atom is -0.399 e. The summed E-state index contributed by atoms with van der Waals surface area (Å²) in [6.45, 7) is 8.33. The van der Waals surface area contributed by atoms with E-state index in [-0.39, 0.29) is 18.3 Å². The van der Waals surface area contributed by atoms with E-state index in [4.69, 9.17) is 9.31 Å². The SMILES string of the molecule is Cn1cnc2ccc(-c3ccc4cc(B5OC(C)(C)C(C)(C)O5)ccc4c3)cc21. The maximum Gasteiger partial charge on any atom is 0.494 e.